The van der Waals surface area contributed by atoms with Crippen LogP contribution in [-0.2, 0) is 6.54 Å². The Morgan fingerprint density at radius 1 is 1.15 bits per heavy atom. The summed E-state index contributed by atoms with van der Waals surface area (Å²) in [6.45, 7) is 7.89. The Hall–Kier alpha value is -0.860. The minimum absolute atomic E-state index is 0.405. The molecule has 1 saturated carbocycles. The van der Waals surface area contributed by atoms with E-state index in [4.69, 9.17) is 5.73 Å². The summed E-state index contributed by atoms with van der Waals surface area (Å²) in [5.74, 6) is 1.58. The summed E-state index contributed by atoms with van der Waals surface area (Å²) in [6, 6.07) is 11.2. The summed E-state index contributed by atoms with van der Waals surface area (Å²) in [7, 11) is 0. The van der Waals surface area contributed by atoms with Crippen molar-refractivity contribution < 1.29 is 0 Å². The Balaban J connectivity index is 1.91. The second-order valence-corrected chi connectivity index (χ2v) is 6.32. The van der Waals surface area contributed by atoms with Crippen LogP contribution in [0.4, 0.5) is 0 Å². The zero-order valence-corrected chi connectivity index (χ0v) is 13.1. The van der Waals surface area contributed by atoms with Crippen LogP contribution in [0.1, 0.15) is 45.1 Å². The minimum Gasteiger partial charge on any atom is -0.327 e. The Kier molecular flexibility index (Phi) is 6.06. The Morgan fingerprint density at radius 2 is 1.90 bits per heavy atom. The number of nitrogens with two attached hydrogens (primary N) is 1. The fraction of sp³-hybridized carbons (Fsp3) is 0.667. The lowest BCUT2D eigenvalue weighted by molar-refractivity contribution is 0.153. The number of hydrogen-bond donors (Lipinski definition) is 1. The molecule has 1 aromatic carbocycles. The molecule has 20 heavy (non-hydrogen) atoms. The molecule has 2 heteroatoms. The number of hydrogen-bond acceptors (Lipinski definition) is 2. The molecule has 0 saturated heterocycles. The highest BCUT2D eigenvalue weighted by atomic mass is 15.1. The Labute approximate surface area is 124 Å². The fourth-order valence-corrected chi connectivity index (χ4v) is 3.44. The highest BCUT2D eigenvalue weighted by molar-refractivity contribution is 5.14. The van der Waals surface area contributed by atoms with E-state index in [2.05, 4.69) is 49.1 Å². The van der Waals surface area contributed by atoms with Gasteiger partial charge in [-0.1, -0.05) is 50.6 Å². The standard InChI is InChI=1S/C18H30N2/c1-3-15-10-11-18(19)17(12-15)14-20(4-2)13-16-8-6-5-7-9-16/h5-9,15,17-18H,3-4,10-14,19H2,1-2H3. The molecule has 1 aliphatic carbocycles. The van der Waals surface area contributed by atoms with E-state index >= 15 is 0 Å². The van der Waals surface area contributed by atoms with E-state index in [9.17, 15) is 0 Å². The first kappa shape index (κ1) is 15.5. The molecule has 0 spiro atoms. The summed E-state index contributed by atoms with van der Waals surface area (Å²) in [6.07, 6.45) is 5.18. The van der Waals surface area contributed by atoms with Crippen LogP contribution in [0.15, 0.2) is 30.3 Å². The van der Waals surface area contributed by atoms with E-state index < -0.39 is 0 Å². The van der Waals surface area contributed by atoms with Crippen molar-refractivity contribution in [2.75, 3.05) is 13.1 Å². The zero-order valence-electron chi connectivity index (χ0n) is 13.1. The molecule has 0 amide bonds. The van der Waals surface area contributed by atoms with Crippen LogP contribution in [0.2, 0.25) is 0 Å². The van der Waals surface area contributed by atoms with Crippen molar-refractivity contribution in [1.82, 2.24) is 4.90 Å². The van der Waals surface area contributed by atoms with Crippen LogP contribution in [0.5, 0.6) is 0 Å². The third kappa shape index (κ3) is 4.32. The summed E-state index contributed by atoms with van der Waals surface area (Å²) < 4.78 is 0. The van der Waals surface area contributed by atoms with E-state index in [0.717, 1.165) is 25.6 Å². The van der Waals surface area contributed by atoms with Gasteiger partial charge in [-0.05, 0) is 43.2 Å². The van der Waals surface area contributed by atoms with E-state index in [1.165, 1.54) is 31.2 Å². The van der Waals surface area contributed by atoms with Gasteiger partial charge in [-0.2, -0.15) is 0 Å². The van der Waals surface area contributed by atoms with Crippen molar-refractivity contribution in [3.05, 3.63) is 35.9 Å². The van der Waals surface area contributed by atoms with E-state index in [-0.39, 0.29) is 0 Å². The van der Waals surface area contributed by atoms with Gasteiger partial charge in [0.15, 0.2) is 0 Å². The number of rotatable bonds is 6. The predicted molar refractivity (Wildman–Crippen MR) is 86.5 cm³/mol. The molecule has 0 aromatic heterocycles. The van der Waals surface area contributed by atoms with Crippen molar-refractivity contribution in [3.63, 3.8) is 0 Å². The van der Waals surface area contributed by atoms with Crippen molar-refractivity contribution in [1.29, 1.82) is 0 Å². The first-order valence-electron chi connectivity index (χ1n) is 8.24. The van der Waals surface area contributed by atoms with E-state index in [1.807, 2.05) is 0 Å². The SMILES string of the molecule is CCC1CCC(N)C(CN(CC)Cc2ccccc2)C1. The highest BCUT2D eigenvalue weighted by Crippen LogP contribution is 2.31. The molecule has 3 unspecified atom stereocenters. The number of benzene rings is 1. The smallest absolute Gasteiger partial charge is 0.0233 e. The largest absolute Gasteiger partial charge is 0.327 e. The topological polar surface area (TPSA) is 29.3 Å². The molecular formula is C18H30N2. The average Bonchev–Trinajstić information content (AvgIpc) is 2.49. The van der Waals surface area contributed by atoms with Crippen LogP contribution in [0, 0.1) is 11.8 Å². The quantitative estimate of drug-likeness (QED) is 0.857. The Morgan fingerprint density at radius 3 is 2.55 bits per heavy atom. The molecule has 1 aromatic rings. The lowest BCUT2D eigenvalue weighted by Gasteiger charge is -2.37. The van der Waals surface area contributed by atoms with E-state index in [0.29, 0.717) is 12.0 Å². The monoisotopic (exact) mass is 274 g/mol. The van der Waals surface area contributed by atoms with Gasteiger partial charge < -0.3 is 5.73 Å². The van der Waals surface area contributed by atoms with Crippen molar-refractivity contribution in [2.45, 2.75) is 52.1 Å². The normalized spacial score (nSPS) is 26.9. The maximum absolute atomic E-state index is 6.37. The lowest BCUT2D eigenvalue weighted by atomic mass is 9.77. The maximum Gasteiger partial charge on any atom is 0.0233 e. The molecule has 3 atom stereocenters. The summed E-state index contributed by atoms with van der Waals surface area (Å²) in [5, 5.41) is 0. The fourth-order valence-electron chi connectivity index (χ4n) is 3.44. The van der Waals surface area contributed by atoms with Crippen molar-refractivity contribution in [3.8, 4) is 0 Å². The summed E-state index contributed by atoms with van der Waals surface area (Å²) in [4.78, 5) is 2.55. The van der Waals surface area contributed by atoms with Crippen LogP contribution >= 0.6 is 0 Å². The number of nitrogens with zero attached hydrogens (tertiary/aromatic N) is 1. The summed E-state index contributed by atoms with van der Waals surface area (Å²) >= 11 is 0. The Bertz CT molecular complexity index is 376. The van der Waals surface area contributed by atoms with Crippen molar-refractivity contribution in [2.24, 2.45) is 17.6 Å². The molecule has 112 valence electrons. The van der Waals surface area contributed by atoms with Crippen LogP contribution in [0.25, 0.3) is 0 Å². The van der Waals surface area contributed by atoms with Gasteiger partial charge in [0.2, 0.25) is 0 Å². The van der Waals surface area contributed by atoms with Gasteiger partial charge in [0, 0.05) is 19.1 Å². The molecule has 2 rings (SSSR count). The van der Waals surface area contributed by atoms with E-state index in [1.54, 1.807) is 0 Å². The predicted octanol–water partition coefficient (Wildman–Crippen LogP) is 3.66. The van der Waals surface area contributed by atoms with Gasteiger partial charge in [0.05, 0.1) is 0 Å². The molecular weight excluding hydrogens is 244 g/mol. The molecule has 0 aliphatic heterocycles. The highest BCUT2D eigenvalue weighted by Gasteiger charge is 2.28. The third-order valence-corrected chi connectivity index (χ3v) is 4.92. The van der Waals surface area contributed by atoms with Crippen molar-refractivity contribution >= 4 is 0 Å². The van der Waals surface area contributed by atoms with Gasteiger partial charge in [0.1, 0.15) is 0 Å². The first-order chi connectivity index (χ1) is 9.72. The van der Waals surface area contributed by atoms with Gasteiger partial charge >= 0.3 is 0 Å². The van der Waals surface area contributed by atoms with Gasteiger partial charge in [-0.15, -0.1) is 0 Å². The van der Waals surface area contributed by atoms with Gasteiger partial charge in [-0.25, -0.2) is 0 Å². The maximum atomic E-state index is 6.37. The lowest BCUT2D eigenvalue weighted by Crippen LogP contribution is -2.43. The second-order valence-electron chi connectivity index (χ2n) is 6.32. The second kappa shape index (κ2) is 7.80. The van der Waals surface area contributed by atoms with Gasteiger partial charge in [-0.3, -0.25) is 4.90 Å². The molecule has 1 aliphatic rings. The zero-order chi connectivity index (χ0) is 14.4. The molecule has 2 nitrogen and oxygen atoms in total. The van der Waals surface area contributed by atoms with Gasteiger partial charge in [0.25, 0.3) is 0 Å². The average molecular weight is 274 g/mol. The van der Waals surface area contributed by atoms with Crippen LogP contribution in [0.3, 0.4) is 0 Å². The molecule has 1 fully saturated rings. The first-order valence-corrected chi connectivity index (χ1v) is 8.24. The van der Waals surface area contributed by atoms with Crippen LogP contribution < -0.4 is 5.73 Å². The molecule has 0 heterocycles. The third-order valence-electron chi connectivity index (χ3n) is 4.92. The molecule has 0 bridgehead atoms. The van der Waals surface area contributed by atoms with Crippen LogP contribution in [-0.4, -0.2) is 24.0 Å². The molecule has 0 radical (unpaired) electrons. The minimum atomic E-state index is 0.405. The summed E-state index contributed by atoms with van der Waals surface area (Å²) in [5.41, 5.74) is 7.77. The molecule has 2 N–H and O–H groups in total.